The van der Waals surface area contributed by atoms with Crippen LogP contribution in [0.15, 0.2) is 36.9 Å². The van der Waals surface area contributed by atoms with E-state index in [1.54, 1.807) is 23.0 Å². The van der Waals surface area contributed by atoms with E-state index in [9.17, 15) is 14.9 Å². The zero-order chi connectivity index (χ0) is 18.3. The third-order valence-corrected chi connectivity index (χ3v) is 4.89. The molecule has 0 aliphatic heterocycles. The summed E-state index contributed by atoms with van der Waals surface area (Å²) in [5, 5.41) is 15.7. The fraction of sp³-hybridized carbons (Fsp3) is 0.278. The largest absolute Gasteiger partial charge is 0.389 e. The molecule has 1 aliphatic rings. The highest BCUT2D eigenvalue weighted by atomic mass is 16.6. The summed E-state index contributed by atoms with van der Waals surface area (Å²) < 4.78 is 3.53. The molecule has 1 fully saturated rings. The van der Waals surface area contributed by atoms with E-state index in [1.165, 1.54) is 6.33 Å². The lowest BCUT2D eigenvalue weighted by atomic mass is 9.91. The predicted molar refractivity (Wildman–Crippen MR) is 94.8 cm³/mol. The van der Waals surface area contributed by atoms with Crippen molar-refractivity contribution in [3.8, 4) is 22.4 Å². The molecule has 2 heterocycles. The smallest absolute Gasteiger partial charge is 0.358 e. The summed E-state index contributed by atoms with van der Waals surface area (Å²) in [4.78, 5) is 26.6. The standard InChI is InChI=1S/C18H17N5O3/c1-21-9-14(8-20-21)12-5-6-13(10-24)16(7-12)17-18(23(25)26)19-11-22(17)15-3-2-4-15/h5-11,15H,2-4H2,1H3. The van der Waals surface area contributed by atoms with Crippen LogP contribution in [0.3, 0.4) is 0 Å². The highest BCUT2D eigenvalue weighted by Crippen LogP contribution is 2.40. The topological polar surface area (TPSA) is 95.9 Å². The summed E-state index contributed by atoms with van der Waals surface area (Å²) in [6.45, 7) is 0. The van der Waals surface area contributed by atoms with Gasteiger partial charge in [-0.25, -0.2) is 0 Å². The summed E-state index contributed by atoms with van der Waals surface area (Å²) in [7, 11) is 1.82. The number of aromatic nitrogens is 4. The molecule has 1 aromatic carbocycles. The molecular formula is C18H17N5O3. The number of nitrogens with zero attached hydrogens (tertiary/aromatic N) is 5. The molecule has 26 heavy (non-hydrogen) atoms. The lowest BCUT2D eigenvalue weighted by Gasteiger charge is -2.27. The van der Waals surface area contributed by atoms with E-state index in [0.29, 0.717) is 16.8 Å². The maximum absolute atomic E-state index is 11.6. The Morgan fingerprint density at radius 1 is 1.31 bits per heavy atom. The van der Waals surface area contributed by atoms with Crippen LogP contribution in [0.5, 0.6) is 0 Å². The van der Waals surface area contributed by atoms with Gasteiger partial charge in [0, 0.05) is 36.0 Å². The minimum absolute atomic E-state index is 0.188. The van der Waals surface area contributed by atoms with E-state index in [4.69, 9.17) is 0 Å². The van der Waals surface area contributed by atoms with Gasteiger partial charge >= 0.3 is 5.82 Å². The first kappa shape index (κ1) is 16.2. The first-order valence-electron chi connectivity index (χ1n) is 8.38. The van der Waals surface area contributed by atoms with Crippen molar-refractivity contribution in [3.05, 3.63) is 52.6 Å². The monoisotopic (exact) mass is 351 g/mol. The van der Waals surface area contributed by atoms with Crippen LogP contribution in [-0.4, -0.2) is 30.5 Å². The Morgan fingerprint density at radius 2 is 2.12 bits per heavy atom. The predicted octanol–water partition coefficient (Wildman–Crippen LogP) is 3.40. The maximum Gasteiger partial charge on any atom is 0.389 e. The second-order valence-electron chi connectivity index (χ2n) is 6.49. The number of imidazole rings is 1. The van der Waals surface area contributed by atoms with Crippen molar-refractivity contribution in [1.29, 1.82) is 0 Å². The summed E-state index contributed by atoms with van der Waals surface area (Å²) in [5.74, 6) is -0.219. The van der Waals surface area contributed by atoms with Crippen molar-refractivity contribution in [2.75, 3.05) is 0 Å². The molecule has 0 spiro atoms. The quantitative estimate of drug-likeness (QED) is 0.399. The summed E-state index contributed by atoms with van der Waals surface area (Å²) >= 11 is 0. The fourth-order valence-corrected chi connectivity index (χ4v) is 3.30. The van der Waals surface area contributed by atoms with Gasteiger partial charge in [0.05, 0.1) is 6.20 Å². The number of nitro groups is 1. The maximum atomic E-state index is 11.6. The Bertz CT molecular complexity index is 1000. The second kappa shape index (κ2) is 6.21. The van der Waals surface area contributed by atoms with Gasteiger partial charge < -0.3 is 14.7 Å². The Balaban J connectivity index is 1.93. The van der Waals surface area contributed by atoms with Gasteiger partial charge in [0.15, 0.2) is 12.0 Å². The Kier molecular flexibility index (Phi) is 3.87. The molecule has 8 heteroatoms. The Labute approximate surface area is 149 Å². The van der Waals surface area contributed by atoms with E-state index in [-0.39, 0.29) is 11.9 Å². The van der Waals surface area contributed by atoms with Gasteiger partial charge in [0.1, 0.15) is 0 Å². The number of hydrogen-bond acceptors (Lipinski definition) is 5. The number of rotatable bonds is 5. The van der Waals surface area contributed by atoms with Gasteiger partial charge in [-0.3, -0.25) is 9.48 Å². The molecular weight excluding hydrogens is 334 g/mol. The molecule has 2 aromatic heterocycles. The molecule has 8 nitrogen and oxygen atoms in total. The van der Waals surface area contributed by atoms with Crippen molar-refractivity contribution >= 4 is 12.1 Å². The molecule has 0 amide bonds. The number of hydrogen-bond donors (Lipinski definition) is 0. The van der Waals surface area contributed by atoms with Crippen molar-refractivity contribution in [3.63, 3.8) is 0 Å². The lowest BCUT2D eigenvalue weighted by molar-refractivity contribution is -0.388. The zero-order valence-electron chi connectivity index (χ0n) is 14.2. The first-order valence-corrected chi connectivity index (χ1v) is 8.38. The zero-order valence-corrected chi connectivity index (χ0v) is 14.2. The van der Waals surface area contributed by atoms with Crippen LogP contribution in [-0.2, 0) is 7.05 Å². The number of aldehydes is 1. The fourth-order valence-electron chi connectivity index (χ4n) is 3.30. The van der Waals surface area contributed by atoms with Crippen LogP contribution in [0.25, 0.3) is 22.4 Å². The SMILES string of the molecule is Cn1cc(-c2ccc(C=O)c(-c3c([N+](=O)[O-])ncn3C3CCC3)c2)cn1. The van der Waals surface area contributed by atoms with Gasteiger partial charge in [-0.05, 0) is 40.8 Å². The molecule has 1 saturated carbocycles. The Morgan fingerprint density at radius 3 is 2.69 bits per heavy atom. The van der Waals surface area contributed by atoms with E-state index in [0.717, 1.165) is 36.7 Å². The van der Waals surface area contributed by atoms with Gasteiger partial charge in [-0.1, -0.05) is 12.1 Å². The highest BCUT2D eigenvalue weighted by Gasteiger charge is 2.31. The third-order valence-electron chi connectivity index (χ3n) is 4.89. The number of carbonyl (C=O) groups is 1. The molecule has 3 aromatic rings. The normalized spacial score (nSPS) is 14.2. The van der Waals surface area contributed by atoms with Gasteiger partial charge in [0.25, 0.3) is 0 Å². The molecule has 0 saturated heterocycles. The van der Waals surface area contributed by atoms with E-state index in [2.05, 4.69) is 10.1 Å². The minimum Gasteiger partial charge on any atom is -0.358 e. The number of carbonyl (C=O) groups excluding carboxylic acids is 1. The average Bonchev–Trinajstić information content (AvgIpc) is 3.19. The van der Waals surface area contributed by atoms with Crippen molar-refractivity contribution in [1.82, 2.24) is 19.3 Å². The van der Waals surface area contributed by atoms with E-state index in [1.807, 2.05) is 23.9 Å². The summed E-state index contributed by atoms with van der Waals surface area (Å²) in [6.07, 6.45) is 8.83. The highest BCUT2D eigenvalue weighted by molar-refractivity contribution is 5.91. The van der Waals surface area contributed by atoms with Crippen molar-refractivity contribution < 1.29 is 9.72 Å². The van der Waals surface area contributed by atoms with Gasteiger partial charge in [-0.15, -0.1) is 0 Å². The molecule has 132 valence electrons. The molecule has 0 unspecified atom stereocenters. The van der Waals surface area contributed by atoms with Crippen molar-refractivity contribution in [2.24, 2.45) is 7.05 Å². The second-order valence-corrected chi connectivity index (χ2v) is 6.49. The minimum atomic E-state index is -0.490. The van der Waals surface area contributed by atoms with Crippen LogP contribution in [0, 0.1) is 10.1 Å². The average molecular weight is 351 g/mol. The van der Waals surface area contributed by atoms with E-state index < -0.39 is 4.92 Å². The molecule has 0 atom stereocenters. The van der Waals surface area contributed by atoms with Gasteiger partial charge in [-0.2, -0.15) is 5.10 Å². The van der Waals surface area contributed by atoms with Crippen LogP contribution in [0.1, 0.15) is 35.7 Å². The lowest BCUT2D eigenvalue weighted by Crippen LogP contribution is -2.17. The van der Waals surface area contributed by atoms with Crippen LogP contribution < -0.4 is 0 Å². The molecule has 1 aliphatic carbocycles. The Hall–Kier alpha value is -3.29. The van der Waals surface area contributed by atoms with Crippen molar-refractivity contribution in [2.45, 2.75) is 25.3 Å². The molecule has 4 rings (SSSR count). The molecule has 0 radical (unpaired) electrons. The van der Waals surface area contributed by atoms with Crippen LogP contribution in [0.2, 0.25) is 0 Å². The molecule has 0 bridgehead atoms. The summed E-state index contributed by atoms with van der Waals surface area (Å²) in [6, 6.07) is 5.50. The molecule has 0 N–H and O–H groups in total. The summed E-state index contributed by atoms with van der Waals surface area (Å²) in [5.41, 5.74) is 3.05. The van der Waals surface area contributed by atoms with Crippen LogP contribution >= 0.6 is 0 Å². The van der Waals surface area contributed by atoms with Crippen LogP contribution in [0.4, 0.5) is 5.82 Å². The number of benzene rings is 1. The first-order chi connectivity index (χ1) is 12.6. The third kappa shape index (κ3) is 2.59. The van der Waals surface area contributed by atoms with Gasteiger partial charge in [0.2, 0.25) is 6.33 Å². The van der Waals surface area contributed by atoms with E-state index >= 15 is 0 Å². The number of aryl methyl sites for hydroxylation is 1.